The first-order valence-corrected chi connectivity index (χ1v) is 4.16. The van der Waals surface area contributed by atoms with Crippen LogP contribution in [0.3, 0.4) is 0 Å². The highest BCUT2D eigenvalue weighted by molar-refractivity contribution is 5.03. The van der Waals surface area contributed by atoms with Crippen LogP contribution < -0.4 is 5.32 Å². The topological polar surface area (TPSA) is 32.3 Å². The van der Waals surface area contributed by atoms with Gasteiger partial charge in [0.1, 0.15) is 0 Å². The Labute approximate surface area is 61.6 Å². The summed E-state index contributed by atoms with van der Waals surface area (Å²) in [5.74, 6) is 0. The summed E-state index contributed by atoms with van der Waals surface area (Å²) in [5, 5.41) is 12.8. The molecule has 2 rings (SSSR count). The molecule has 2 fully saturated rings. The lowest BCUT2D eigenvalue weighted by atomic mass is 9.85. The number of nitrogens with one attached hydrogen (secondary N) is 1. The molecule has 2 atom stereocenters. The predicted molar refractivity (Wildman–Crippen MR) is 39.3 cm³/mol. The molecule has 0 spiro atoms. The zero-order chi connectivity index (χ0) is 6.97. The van der Waals surface area contributed by atoms with Gasteiger partial charge < -0.3 is 10.4 Å². The Hall–Kier alpha value is -0.0800. The zero-order valence-corrected chi connectivity index (χ0v) is 6.14. The van der Waals surface area contributed by atoms with E-state index in [0.29, 0.717) is 6.04 Å². The summed E-state index contributed by atoms with van der Waals surface area (Å²) in [6, 6.07) is 1.88. The largest absolute Gasteiger partial charge is 0.391 e. The van der Waals surface area contributed by atoms with E-state index in [4.69, 9.17) is 0 Å². The maximum Gasteiger partial charge on any atom is 0.0741 e. The van der Waals surface area contributed by atoms with Crippen LogP contribution >= 0.6 is 0 Å². The second-order valence-corrected chi connectivity index (χ2v) is 3.35. The lowest BCUT2D eigenvalue weighted by Gasteiger charge is -2.38. The molecule has 2 bridgehead atoms. The van der Waals surface area contributed by atoms with Crippen molar-refractivity contribution >= 4 is 0 Å². The lowest BCUT2D eigenvalue weighted by Crippen LogP contribution is -2.47. The smallest absolute Gasteiger partial charge is 0.0741 e. The van der Waals surface area contributed by atoms with E-state index in [9.17, 15) is 5.11 Å². The molecule has 0 aliphatic carbocycles. The molecule has 2 unspecified atom stereocenters. The van der Waals surface area contributed by atoms with Crippen molar-refractivity contribution in [2.75, 3.05) is 0 Å². The van der Waals surface area contributed by atoms with Gasteiger partial charge in [0.2, 0.25) is 0 Å². The fourth-order valence-corrected chi connectivity index (χ4v) is 1.96. The van der Waals surface area contributed by atoms with Crippen molar-refractivity contribution in [1.29, 1.82) is 0 Å². The summed E-state index contributed by atoms with van der Waals surface area (Å²) in [6.45, 7) is 0. The van der Waals surface area contributed by atoms with E-state index in [1.807, 2.05) is 0 Å². The van der Waals surface area contributed by atoms with E-state index in [0.717, 1.165) is 19.3 Å². The van der Waals surface area contributed by atoms with Crippen LogP contribution in [0.5, 0.6) is 0 Å². The van der Waals surface area contributed by atoms with Crippen molar-refractivity contribution in [2.24, 2.45) is 0 Å². The molecule has 10 heavy (non-hydrogen) atoms. The third-order valence-electron chi connectivity index (χ3n) is 2.58. The number of aliphatic hydroxyl groups is 1. The molecule has 2 aliphatic heterocycles. The van der Waals surface area contributed by atoms with Crippen molar-refractivity contribution in [1.82, 2.24) is 5.32 Å². The molecule has 2 nitrogen and oxygen atoms in total. The molecule has 0 aromatic heterocycles. The molecule has 2 heteroatoms. The zero-order valence-electron chi connectivity index (χ0n) is 6.14. The van der Waals surface area contributed by atoms with E-state index < -0.39 is 0 Å². The quantitative estimate of drug-likeness (QED) is 0.522. The maximum atomic E-state index is 9.42. The van der Waals surface area contributed by atoms with Crippen LogP contribution in [0, 0.1) is 6.04 Å². The minimum absolute atomic E-state index is 0.142. The summed E-state index contributed by atoms with van der Waals surface area (Å²) in [4.78, 5) is 0. The van der Waals surface area contributed by atoms with Crippen LogP contribution in [0.2, 0.25) is 0 Å². The molecule has 0 aromatic carbocycles. The molecule has 57 valence electrons. The van der Waals surface area contributed by atoms with Gasteiger partial charge in [0.25, 0.3) is 0 Å². The van der Waals surface area contributed by atoms with Crippen LogP contribution in [0.25, 0.3) is 0 Å². The van der Waals surface area contributed by atoms with Crippen LogP contribution in [0.15, 0.2) is 0 Å². The van der Waals surface area contributed by atoms with Crippen molar-refractivity contribution < 1.29 is 5.11 Å². The molecule has 1 radical (unpaired) electrons. The van der Waals surface area contributed by atoms with Crippen molar-refractivity contribution in [3.05, 3.63) is 6.04 Å². The third-order valence-corrected chi connectivity index (χ3v) is 2.58. The lowest BCUT2D eigenvalue weighted by molar-refractivity contribution is 0.107. The normalized spacial score (nSPS) is 41.7. The first kappa shape index (κ1) is 6.62. The predicted octanol–water partition coefficient (Wildman–Crippen LogP) is 0.815. The molecule has 2 N–H and O–H groups in total. The molecular weight excluding hydrogens is 126 g/mol. The second-order valence-electron chi connectivity index (χ2n) is 3.35. The Bertz CT molecular complexity index is 124. The summed E-state index contributed by atoms with van der Waals surface area (Å²) < 4.78 is 0. The van der Waals surface area contributed by atoms with Crippen LogP contribution in [0.1, 0.15) is 32.1 Å². The van der Waals surface area contributed by atoms with E-state index in [1.165, 1.54) is 18.9 Å². The van der Waals surface area contributed by atoms with E-state index >= 15 is 0 Å². The highest BCUT2D eigenvalue weighted by Crippen LogP contribution is 2.29. The SMILES string of the molecule is OC1CCC2CCC[C]1N2. The van der Waals surface area contributed by atoms with Gasteiger partial charge in [-0.3, -0.25) is 0 Å². The highest BCUT2D eigenvalue weighted by Gasteiger charge is 2.31. The van der Waals surface area contributed by atoms with Gasteiger partial charge in [-0.1, -0.05) is 0 Å². The van der Waals surface area contributed by atoms with Gasteiger partial charge in [-0.05, 0) is 32.1 Å². The highest BCUT2D eigenvalue weighted by atomic mass is 16.3. The van der Waals surface area contributed by atoms with Gasteiger partial charge in [0, 0.05) is 6.04 Å². The Morgan fingerprint density at radius 2 is 2.20 bits per heavy atom. The van der Waals surface area contributed by atoms with Crippen LogP contribution in [-0.4, -0.2) is 17.3 Å². The number of rotatable bonds is 0. The van der Waals surface area contributed by atoms with Gasteiger partial charge in [-0.15, -0.1) is 0 Å². The summed E-state index contributed by atoms with van der Waals surface area (Å²) >= 11 is 0. The Kier molecular flexibility index (Phi) is 1.66. The average Bonchev–Trinajstić information content (AvgIpc) is 1.99. The standard InChI is InChI=1S/C8H14NO/c10-8-5-4-6-2-1-3-7(8)9-6/h6,8-10H,1-5H2. The van der Waals surface area contributed by atoms with Crippen molar-refractivity contribution in [3.63, 3.8) is 0 Å². The minimum atomic E-state index is -0.142. The molecule has 0 saturated carbocycles. The molecule has 0 amide bonds. The van der Waals surface area contributed by atoms with Gasteiger partial charge in [-0.25, -0.2) is 0 Å². The van der Waals surface area contributed by atoms with Gasteiger partial charge in [-0.2, -0.15) is 0 Å². The van der Waals surface area contributed by atoms with Crippen LogP contribution in [0.4, 0.5) is 0 Å². The van der Waals surface area contributed by atoms with E-state index in [2.05, 4.69) is 5.32 Å². The fourth-order valence-electron chi connectivity index (χ4n) is 1.96. The minimum Gasteiger partial charge on any atom is -0.391 e. The number of aliphatic hydroxyl groups excluding tert-OH is 1. The molecular formula is C8H14NO. The average molecular weight is 140 g/mol. The summed E-state index contributed by atoms with van der Waals surface area (Å²) in [6.07, 6.45) is 5.66. The molecule has 2 saturated heterocycles. The Morgan fingerprint density at radius 3 is 3.00 bits per heavy atom. The molecule has 0 aromatic rings. The second kappa shape index (κ2) is 2.51. The van der Waals surface area contributed by atoms with Gasteiger partial charge in [0.05, 0.1) is 12.1 Å². The number of fused-ring (bicyclic) bond motifs is 2. The van der Waals surface area contributed by atoms with E-state index in [-0.39, 0.29) is 6.10 Å². The maximum absolute atomic E-state index is 9.42. The number of piperidine rings is 2. The van der Waals surface area contributed by atoms with Crippen molar-refractivity contribution in [2.45, 2.75) is 44.2 Å². The monoisotopic (exact) mass is 140 g/mol. The number of hydrogen-bond donors (Lipinski definition) is 2. The van der Waals surface area contributed by atoms with Gasteiger partial charge in [0.15, 0.2) is 0 Å². The van der Waals surface area contributed by atoms with Crippen molar-refractivity contribution in [3.8, 4) is 0 Å². The summed E-state index contributed by atoms with van der Waals surface area (Å²) in [5.41, 5.74) is 0. The first-order valence-electron chi connectivity index (χ1n) is 4.16. The van der Waals surface area contributed by atoms with Crippen LogP contribution in [-0.2, 0) is 0 Å². The summed E-state index contributed by atoms with van der Waals surface area (Å²) in [7, 11) is 0. The third kappa shape index (κ3) is 1.06. The Balaban J connectivity index is 2.00. The molecule has 2 heterocycles. The van der Waals surface area contributed by atoms with Gasteiger partial charge >= 0.3 is 0 Å². The van der Waals surface area contributed by atoms with E-state index in [1.54, 1.807) is 0 Å². The first-order chi connectivity index (χ1) is 4.86. The Morgan fingerprint density at radius 1 is 1.30 bits per heavy atom. The molecule has 2 aliphatic rings. The fraction of sp³-hybridized carbons (Fsp3) is 0.875. The number of hydrogen-bond acceptors (Lipinski definition) is 2.